The third-order valence-electron chi connectivity index (χ3n) is 6.56. The van der Waals surface area contributed by atoms with Crippen LogP contribution in [0, 0.1) is 5.41 Å². The second kappa shape index (κ2) is 9.40. The number of benzene rings is 1. The summed E-state index contributed by atoms with van der Waals surface area (Å²) in [6.07, 6.45) is 12.0. The number of piperazine rings is 1. The van der Waals surface area contributed by atoms with E-state index in [9.17, 15) is 0 Å². The van der Waals surface area contributed by atoms with Crippen molar-refractivity contribution in [3.63, 3.8) is 0 Å². The van der Waals surface area contributed by atoms with E-state index in [-0.39, 0.29) is 5.41 Å². The van der Waals surface area contributed by atoms with E-state index in [1.54, 1.807) is 0 Å². The van der Waals surface area contributed by atoms with Crippen molar-refractivity contribution in [1.29, 1.82) is 0 Å². The average Bonchev–Trinajstić information content (AvgIpc) is 2.72. The Balaban J connectivity index is 2.24. The third-order valence-corrected chi connectivity index (χ3v) is 6.56. The van der Waals surface area contributed by atoms with Gasteiger partial charge in [-0.05, 0) is 46.3 Å². The monoisotopic (exact) mass is 428 g/mol. The molecule has 0 aromatic heterocycles. The number of aryl methyl sites for hydroxylation is 1. The Labute approximate surface area is 195 Å². The SMILES string of the molecule is C=C1C=C2/C(=c3\cccc(CCC)c3=C)N(C)CC(C(C)(C)C)N2C=C1C(=C)/C=C\CC. The minimum absolute atomic E-state index is 0.108. The molecule has 0 radical (unpaired) electrons. The van der Waals surface area contributed by atoms with Crippen molar-refractivity contribution < 1.29 is 0 Å². The molecule has 2 heteroatoms. The summed E-state index contributed by atoms with van der Waals surface area (Å²) >= 11 is 0. The maximum atomic E-state index is 4.50. The maximum absolute atomic E-state index is 4.50. The van der Waals surface area contributed by atoms with Crippen molar-refractivity contribution in [2.75, 3.05) is 13.6 Å². The fourth-order valence-electron chi connectivity index (χ4n) is 4.73. The number of nitrogens with zero attached hydrogens (tertiary/aromatic N) is 2. The van der Waals surface area contributed by atoms with Gasteiger partial charge in [-0.15, -0.1) is 0 Å². The minimum atomic E-state index is 0.108. The fraction of sp³-hybridized carbons (Fsp3) is 0.400. The molecule has 2 nitrogen and oxygen atoms in total. The molecule has 32 heavy (non-hydrogen) atoms. The molecule has 0 aliphatic carbocycles. The molecular weight excluding hydrogens is 388 g/mol. The molecule has 2 aliphatic heterocycles. The van der Waals surface area contributed by atoms with Gasteiger partial charge in [0.05, 0.1) is 17.4 Å². The molecule has 1 fully saturated rings. The molecule has 1 atom stereocenters. The van der Waals surface area contributed by atoms with Gasteiger partial charge in [0.2, 0.25) is 0 Å². The summed E-state index contributed by atoms with van der Waals surface area (Å²) in [6.45, 7) is 25.5. The van der Waals surface area contributed by atoms with E-state index in [1.807, 2.05) is 0 Å². The van der Waals surface area contributed by atoms with Crippen molar-refractivity contribution in [3.8, 4) is 0 Å². The second-order valence-corrected chi connectivity index (χ2v) is 10.1. The molecule has 0 spiro atoms. The first-order valence-electron chi connectivity index (χ1n) is 11.9. The Morgan fingerprint density at radius 3 is 2.53 bits per heavy atom. The lowest BCUT2D eigenvalue weighted by Gasteiger charge is -2.50. The van der Waals surface area contributed by atoms with Crippen LogP contribution in [0.15, 0.2) is 78.2 Å². The highest BCUT2D eigenvalue weighted by atomic mass is 15.3. The van der Waals surface area contributed by atoms with Crippen LogP contribution in [-0.2, 0) is 6.42 Å². The van der Waals surface area contributed by atoms with Crippen LogP contribution in [0.4, 0.5) is 0 Å². The summed E-state index contributed by atoms with van der Waals surface area (Å²) < 4.78 is 0. The molecule has 1 aromatic carbocycles. The number of hydrogen-bond acceptors (Lipinski definition) is 2. The predicted octanol–water partition coefficient (Wildman–Crippen LogP) is 5.68. The van der Waals surface area contributed by atoms with E-state index < -0.39 is 0 Å². The Kier molecular flexibility index (Phi) is 7.03. The van der Waals surface area contributed by atoms with Crippen molar-refractivity contribution in [1.82, 2.24) is 9.80 Å². The zero-order valence-corrected chi connectivity index (χ0v) is 21.0. The summed E-state index contributed by atoms with van der Waals surface area (Å²) in [7, 11) is 2.21. The van der Waals surface area contributed by atoms with Gasteiger partial charge in [-0.2, -0.15) is 0 Å². The summed E-state index contributed by atoms with van der Waals surface area (Å²) in [5, 5.41) is 2.36. The Bertz CT molecular complexity index is 1100. The van der Waals surface area contributed by atoms with Crippen LogP contribution in [0.5, 0.6) is 0 Å². The highest BCUT2D eigenvalue weighted by Crippen LogP contribution is 2.41. The van der Waals surface area contributed by atoms with Gasteiger partial charge in [-0.3, -0.25) is 0 Å². The van der Waals surface area contributed by atoms with Crippen LogP contribution in [0.3, 0.4) is 0 Å². The summed E-state index contributed by atoms with van der Waals surface area (Å²) in [4.78, 5) is 4.88. The smallest absolute Gasteiger partial charge is 0.0685 e. The molecule has 0 amide bonds. The number of rotatable bonds is 5. The lowest BCUT2D eigenvalue weighted by Crippen LogP contribution is -2.55. The van der Waals surface area contributed by atoms with E-state index in [1.165, 1.54) is 22.2 Å². The highest BCUT2D eigenvalue weighted by molar-refractivity contribution is 5.70. The van der Waals surface area contributed by atoms with Crippen LogP contribution in [-0.4, -0.2) is 29.4 Å². The standard InChI is InChI=1S/C30H40N2/c1-10-12-15-21(3)26-19-32-27(18-22(26)4)29(31(9)20-28(32)30(6,7)8)25-17-13-16-24(14-11-2)23(25)5/h12-13,15-19,28H,3-5,10-11,14,20H2,1-2,6-9H3/b15-12-,29-25-. The first kappa shape index (κ1) is 23.9. The number of likely N-dealkylation sites (N-methyl/N-ethyl adjacent to an activating group) is 1. The van der Waals surface area contributed by atoms with Crippen LogP contribution in [0.25, 0.3) is 12.3 Å². The van der Waals surface area contributed by atoms with Gasteiger partial charge in [-0.25, -0.2) is 0 Å². The fourth-order valence-corrected chi connectivity index (χ4v) is 4.73. The van der Waals surface area contributed by atoms with Gasteiger partial charge in [-0.1, -0.05) is 91.1 Å². The van der Waals surface area contributed by atoms with Crippen molar-refractivity contribution in [2.24, 2.45) is 5.41 Å². The molecule has 1 unspecified atom stereocenters. The summed E-state index contributed by atoms with van der Waals surface area (Å²) in [5.41, 5.74) is 7.03. The molecular formula is C30H40N2. The number of hydrogen-bond donors (Lipinski definition) is 0. The predicted molar refractivity (Wildman–Crippen MR) is 140 cm³/mol. The Morgan fingerprint density at radius 1 is 1.19 bits per heavy atom. The summed E-state index contributed by atoms with van der Waals surface area (Å²) in [6, 6.07) is 6.94. The lowest BCUT2D eigenvalue weighted by atomic mass is 9.81. The van der Waals surface area contributed by atoms with Gasteiger partial charge >= 0.3 is 0 Å². The van der Waals surface area contributed by atoms with Crippen molar-refractivity contribution in [2.45, 2.75) is 59.9 Å². The third kappa shape index (κ3) is 4.55. The van der Waals surface area contributed by atoms with Gasteiger partial charge in [0, 0.05) is 30.6 Å². The topological polar surface area (TPSA) is 6.48 Å². The van der Waals surface area contributed by atoms with Crippen molar-refractivity contribution >= 4 is 12.3 Å². The van der Waals surface area contributed by atoms with Crippen LogP contribution in [0.2, 0.25) is 0 Å². The van der Waals surface area contributed by atoms with Gasteiger partial charge < -0.3 is 9.80 Å². The zero-order chi connectivity index (χ0) is 23.6. The highest BCUT2D eigenvalue weighted by Gasteiger charge is 2.39. The Morgan fingerprint density at radius 2 is 1.91 bits per heavy atom. The molecule has 0 bridgehead atoms. The molecule has 170 valence electrons. The van der Waals surface area contributed by atoms with Gasteiger partial charge in [0.15, 0.2) is 0 Å². The molecule has 2 aliphatic rings. The van der Waals surface area contributed by atoms with Gasteiger partial charge in [0.25, 0.3) is 0 Å². The van der Waals surface area contributed by atoms with Crippen LogP contribution < -0.4 is 10.4 Å². The first-order valence-corrected chi connectivity index (χ1v) is 11.9. The number of allylic oxidation sites excluding steroid dienone is 6. The van der Waals surface area contributed by atoms with Crippen LogP contribution >= 0.6 is 0 Å². The van der Waals surface area contributed by atoms with E-state index >= 15 is 0 Å². The maximum Gasteiger partial charge on any atom is 0.0685 e. The molecule has 2 heterocycles. The minimum Gasteiger partial charge on any atom is -0.370 e. The quantitative estimate of drug-likeness (QED) is 0.557. The second-order valence-electron chi connectivity index (χ2n) is 10.1. The van der Waals surface area contributed by atoms with Gasteiger partial charge in [0.1, 0.15) is 0 Å². The molecule has 1 saturated heterocycles. The molecule has 0 saturated carbocycles. The zero-order valence-electron chi connectivity index (χ0n) is 21.0. The number of fused-ring (bicyclic) bond motifs is 1. The normalized spacial score (nSPS) is 20.9. The molecule has 1 aromatic rings. The molecule has 3 rings (SSSR count). The first-order chi connectivity index (χ1) is 15.1. The van der Waals surface area contributed by atoms with E-state index in [4.69, 9.17) is 0 Å². The molecule has 0 N–H and O–H groups in total. The Hall–Kier alpha value is -2.74. The average molecular weight is 429 g/mol. The largest absolute Gasteiger partial charge is 0.370 e. The summed E-state index contributed by atoms with van der Waals surface area (Å²) in [5.74, 6) is 0. The van der Waals surface area contributed by atoms with E-state index in [0.29, 0.717) is 6.04 Å². The van der Waals surface area contributed by atoms with Crippen molar-refractivity contribution in [3.05, 3.63) is 94.2 Å². The van der Waals surface area contributed by atoms with E-state index in [2.05, 4.69) is 114 Å². The van der Waals surface area contributed by atoms with Crippen LogP contribution in [0.1, 0.15) is 53.0 Å². The van der Waals surface area contributed by atoms with E-state index in [0.717, 1.165) is 47.7 Å². The lowest BCUT2D eigenvalue weighted by molar-refractivity contribution is 0.129.